The number of esters is 1. The molecule has 0 bridgehead atoms. The second-order valence-electron chi connectivity index (χ2n) is 6.36. The van der Waals surface area contributed by atoms with Gasteiger partial charge in [0.1, 0.15) is 55.4 Å². The normalized spacial score (nSPS) is 45.5. The van der Waals surface area contributed by atoms with Gasteiger partial charge in [0, 0.05) is 14.0 Å². The van der Waals surface area contributed by atoms with Crippen molar-refractivity contribution in [2.45, 2.75) is 68.3 Å². The molecular formula is C15H26O12. The van der Waals surface area contributed by atoms with Crippen LogP contribution in [0.15, 0.2) is 0 Å². The molecule has 0 aliphatic carbocycles. The molecule has 0 unspecified atom stereocenters. The highest BCUT2D eigenvalue weighted by Gasteiger charge is 2.50. The lowest BCUT2D eigenvalue weighted by Gasteiger charge is -2.45. The first-order chi connectivity index (χ1) is 12.7. The zero-order valence-electron chi connectivity index (χ0n) is 14.8. The minimum absolute atomic E-state index is 0.360. The van der Waals surface area contributed by atoms with Gasteiger partial charge in [-0.15, -0.1) is 0 Å². The Bertz CT molecular complexity index is 487. The molecular weight excluding hydrogens is 372 g/mol. The molecule has 2 fully saturated rings. The van der Waals surface area contributed by atoms with Crippen molar-refractivity contribution in [2.75, 3.05) is 20.3 Å². The van der Waals surface area contributed by atoms with Crippen molar-refractivity contribution >= 4 is 5.97 Å². The first-order valence-electron chi connectivity index (χ1n) is 8.35. The van der Waals surface area contributed by atoms with Crippen molar-refractivity contribution in [3.05, 3.63) is 0 Å². The highest BCUT2D eigenvalue weighted by molar-refractivity contribution is 5.65. The van der Waals surface area contributed by atoms with Crippen LogP contribution in [-0.2, 0) is 28.5 Å². The number of aliphatic hydroxyl groups excluding tert-OH is 6. The third-order valence-corrected chi connectivity index (χ3v) is 4.46. The lowest BCUT2D eigenvalue weighted by molar-refractivity contribution is -0.357. The number of carbonyl (C=O) groups is 1. The van der Waals surface area contributed by atoms with Crippen LogP contribution in [0.2, 0.25) is 0 Å². The summed E-state index contributed by atoms with van der Waals surface area (Å²) in [4.78, 5) is 11.1. The van der Waals surface area contributed by atoms with Crippen molar-refractivity contribution in [1.82, 2.24) is 0 Å². The highest BCUT2D eigenvalue weighted by Crippen LogP contribution is 2.29. The molecule has 12 nitrogen and oxygen atoms in total. The maximum atomic E-state index is 11.1. The third kappa shape index (κ3) is 4.92. The number of carbonyl (C=O) groups excluding carboxylic acids is 1. The first-order valence-corrected chi connectivity index (χ1v) is 8.35. The topological polar surface area (TPSA) is 185 Å². The minimum Gasteiger partial charge on any atom is -0.463 e. The molecule has 2 aliphatic heterocycles. The predicted molar refractivity (Wildman–Crippen MR) is 83.0 cm³/mol. The van der Waals surface area contributed by atoms with Crippen LogP contribution in [0.25, 0.3) is 0 Å². The van der Waals surface area contributed by atoms with Crippen molar-refractivity contribution < 1.29 is 59.1 Å². The van der Waals surface area contributed by atoms with E-state index in [-0.39, 0.29) is 6.61 Å². The van der Waals surface area contributed by atoms with E-state index >= 15 is 0 Å². The number of methoxy groups -OCH3 is 1. The summed E-state index contributed by atoms with van der Waals surface area (Å²) in [7, 11) is 1.24. The summed E-state index contributed by atoms with van der Waals surface area (Å²) in [5, 5.41) is 59.4. The quantitative estimate of drug-likeness (QED) is 0.238. The van der Waals surface area contributed by atoms with E-state index in [1.807, 2.05) is 0 Å². The van der Waals surface area contributed by atoms with Gasteiger partial charge in [-0.05, 0) is 0 Å². The summed E-state index contributed by atoms with van der Waals surface area (Å²) in [5.74, 6) is -0.625. The largest absolute Gasteiger partial charge is 0.463 e. The summed E-state index contributed by atoms with van der Waals surface area (Å²) in [6.45, 7) is 0.135. The Labute approximate surface area is 154 Å². The number of rotatable bonds is 6. The molecule has 2 saturated heterocycles. The van der Waals surface area contributed by atoms with E-state index in [2.05, 4.69) is 0 Å². The second kappa shape index (κ2) is 9.52. The molecule has 0 amide bonds. The van der Waals surface area contributed by atoms with Crippen LogP contribution in [0.5, 0.6) is 0 Å². The lowest BCUT2D eigenvalue weighted by Crippen LogP contribution is -2.64. The first kappa shape index (κ1) is 22.4. The Morgan fingerprint density at radius 3 is 2.04 bits per heavy atom. The fourth-order valence-electron chi connectivity index (χ4n) is 2.94. The molecule has 0 aromatic heterocycles. The Hall–Kier alpha value is -0.930. The van der Waals surface area contributed by atoms with Gasteiger partial charge in [-0.2, -0.15) is 0 Å². The average Bonchev–Trinajstić information content (AvgIpc) is 2.64. The van der Waals surface area contributed by atoms with Gasteiger partial charge in [0.05, 0.1) is 6.61 Å². The SMILES string of the molecule is CO[C@@H]1O[C@H](COC(C)=O)[C@H](O[C@@H]2O[C@H](CO)[C@H](O)[C@H](O)[C@H]2O)[C@H](O)[C@H]1O. The Balaban J connectivity index is 2.16. The minimum atomic E-state index is -1.72. The zero-order valence-corrected chi connectivity index (χ0v) is 14.8. The molecule has 2 aliphatic rings. The van der Waals surface area contributed by atoms with Crippen molar-refractivity contribution in [3.63, 3.8) is 0 Å². The van der Waals surface area contributed by atoms with E-state index in [0.717, 1.165) is 6.92 Å². The Morgan fingerprint density at radius 2 is 1.48 bits per heavy atom. The molecule has 0 radical (unpaired) electrons. The van der Waals surface area contributed by atoms with E-state index in [1.54, 1.807) is 0 Å². The second-order valence-corrected chi connectivity index (χ2v) is 6.36. The smallest absolute Gasteiger partial charge is 0.302 e. The van der Waals surface area contributed by atoms with Gasteiger partial charge in [-0.25, -0.2) is 0 Å². The van der Waals surface area contributed by atoms with E-state index in [1.165, 1.54) is 7.11 Å². The molecule has 12 heteroatoms. The van der Waals surface area contributed by atoms with Crippen molar-refractivity contribution in [3.8, 4) is 0 Å². The van der Waals surface area contributed by atoms with Crippen LogP contribution in [0.3, 0.4) is 0 Å². The lowest BCUT2D eigenvalue weighted by atomic mass is 9.97. The number of aliphatic hydroxyl groups is 6. The fourth-order valence-corrected chi connectivity index (χ4v) is 2.94. The van der Waals surface area contributed by atoms with Crippen LogP contribution in [0.4, 0.5) is 0 Å². The number of hydrogen-bond acceptors (Lipinski definition) is 12. The molecule has 0 spiro atoms. The highest BCUT2D eigenvalue weighted by atomic mass is 16.7. The van der Waals surface area contributed by atoms with Crippen molar-refractivity contribution in [1.29, 1.82) is 0 Å². The third-order valence-electron chi connectivity index (χ3n) is 4.46. The van der Waals surface area contributed by atoms with E-state index in [9.17, 15) is 35.4 Å². The fraction of sp³-hybridized carbons (Fsp3) is 0.933. The van der Waals surface area contributed by atoms with Gasteiger partial charge in [-0.1, -0.05) is 0 Å². The monoisotopic (exact) mass is 398 g/mol. The molecule has 0 saturated carbocycles. The van der Waals surface area contributed by atoms with Gasteiger partial charge >= 0.3 is 5.97 Å². The summed E-state index contributed by atoms with van der Waals surface area (Å²) < 4.78 is 25.9. The summed E-state index contributed by atoms with van der Waals surface area (Å²) in [6, 6.07) is 0. The summed E-state index contributed by atoms with van der Waals surface area (Å²) in [5.41, 5.74) is 0. The summed E-state index contributed by atoms with van der Waals surface area (Å²) in [6.07, 6.45) is -14.6. The Morgan fingerprint density at radius 1 is 0.889 bits per heavy atom. The molecule has 10 atom stereocenters. The Kier molecular flexibility index (Phi) is 7.88. The van der Waals surface area contributed by atoms with E-state index in [0.29, 0.717) is 0 Å². The zero-order chi connectivity index (χ0) is 20.3. The molecule has 2 rings (SSSR count). The van der Waals surface area contributed by atoms with E-state index < -0.39 is 74.0 Å². The van der Waals surface area contributed by atoms with Crippen LogP contribution in [0.1, 0.15) is 6.92 Å². The molecule has 27 heavy (non-hydrogen) atoms. The molecule has 0 aromatic rings. The molecule has 6 N–H and O–H groups in total. The standard InChI is InChI=1S/C15H26O12/c1-5(17)24-4-7-13(10(20)12(22)14(23-2)26-7)27-15-11(21)9(19)8(18)6(3-16)25-15/h6-16,18-22H,3-4H2,1-2H3/t6-,7-,8+,9+,10-,11-,12-,13+,14-,15+/m1/s1. The van der Waals surface area contributed by atoms with Gasteiger partial charge in [0.2, 0.25) is 0 Å². The molecule has 2 heterocycles. The van der Waals surface area contributed by atoms with Crippen LogP contribution >= 0.6 is 0 Å². The van der Waals surface area contributed by atoms with Gasteiger partial charge < -0.3 is 54.3 Å². The maximum absolute atomic E-state index is 11.1. The van der Waals surface area contributed by atoms with Crippen molar-refractivity contribution in [2.24, 2.45) is 0 Å². The van der Waals surface area contributed by atoms with Crippen LogP contribution < -0.4 is 0 Å². The van der Waals surface area contributed by atoms with Gasteiger partial charge in [-0.3, -0.25) is 4.79 Å². The number of ether oxygens (including phenoxy) is 5. The maximum Gasteiger partial charge on any atom is 0.302 e. The van der Waals surface area contributed by atoms with Crippen LogP contribution in [0, 0.1) is 0 Å². The average molecular weight is 398 g/mol. The van der Waals surface area contributed by atoms with Gasteiger partial charge in [0.15, 0.2) is 12.6 Å². The van der Waals surface area contributed by atoms with E-state index in [4.69, 9.17) is 23.7 Å². The number of hydrogen-bond donors (Lipinski definition) is 6. The predicted octanol–water partition coefficient (Wildman–Crippen LogP) is -4.17. The molecule has 0 aromatic carbocycles. The van der Waals surface area contributed by atoms with Crippen LogP contribution in [-0.4, -0.2) is 118 Å². The van der Waals surface area contributed by atoms with Gasteiger partial charge in [0.25, 0.3) is 0 Å². The molecule has 158 valence electrons. The summed E-state index contributed by atoms with van der Waals surface area (Å²) >= 11 is 0.